The van der Waals surface area contributed by atoms with Crippen molar-refractivity contribution in [2.45, 2.75) is 37.9 Å². The number of carbonyl (C=O) groups is 1. The minimum Gasteiger partial charge on any atom is -0.467 e. The summed E-state index contributed by atoms with van der Waals surface area (Å²) in [6, 6.07) is 0. The molecule has 0 N–H and O–H groups in total. The molecule has 2 heterocycles. The van der Waals surface area contributed by atoms with Gasteiger partial charge in [-0.2, -0.15) is 0 Å². The summed E-state index contributed by atoms with van der Waals surface area (Å²) in [6.07, 6.45) is -1.03. The van der Waals surface area contributed by atoms with E-state index in [0.717, 1.165) is 0 Å². The van der Waals surface area contributed by atoms with Gasteiger partial charge in [-0.3, -0.25) is 0 Å². The van der Waals surface area contributed by atoms with E-state index in [2.05, 4.69) is 4.74 Å². The second kappa shape index (κ2) is 3.18. The molecule has 2 fully saturated rings. The maximum absolute atomic E-state index is 11.4. The molecule has 14 heavy (non-hydrogen) atoms. The molecule has 3 atom stereocenters. The predicted octanol–water partition coefficient (Wildman–Crippen LogP) is 0.0783. The third kappa shape index (κ3) is 1.75. The minimum atomic E-state index is -0.741. The van der Waals surface area contributed by atoms with E-state index in [1.807, 2.05) is 0 Å². The summed E-state index contributed by atoms with van der Waals surface area (Å²) in [6.45, 7) is 4.16. The van der Waals surface area contributed by atoms with Crippen LogP contribution in [0.15, 0.2) is 0 Å². The van der Waals surface area contributed by atoms with Gasteiger partial charge in [-0.15, -0.1) is 0 Å². The second-order valence-electron chi connectivity index (χ2n) is 3.92. The van der Waals surface area contributed by atoms with Gasteiger partial charge in [-0.1, -0.05) is 0 Å². The molecule has 0 bridgehead atoms. The van der Waals surface area contributed by atoms with Crippen LogP contribution in [0.1, 0.15) is 13.8 Å². The van der Waals surface area contributed by atoms with Crippen molar-refractivity contribution in [1.29, 1.82) is 0 Å². The van der Waals surface area contributed by atoms with E-state index >= 15 is 0 Å². The molecule has 0 aromatic rings. The van der Waals surface area contributed by atoms with Crippen LogP contribution in [0.25, 0.3) is 0 Å². The van der Waals surface area contributed by atoms with Crippen LogP contribution in [0.2, 0.25) is 0 Å². The standard InChI is InChI=1S/C9H14O5/c1-9(2)13-6(5-4-12-5)7(14-9)8(10)11-3/h5-7H,4H2,1-3H3. The van der Waals surface area contributed by atoms with Gasteiger partial charge in [0.25, 0.3) is 0 Å². The molecule has 0 saturated carbocycles. The number of esters is 1. The molecule has 80 valence electrons. The average molecular weight is 202 g/mol. The van der Waals surface area contributed by atoms with Crippen LogP contribution in [0.5, 0.6) is 0 Å². The van der Waals surface area contributed by atoms with Gasteiger partial charge in [-0.05, 0) is 13.8 Å². The normalized spacial score (nSPS) is 39.5. The first-order valence-electron chi connectivity index (χ1n) is 4.58. The molecule has 0 radical (unpaired) electrons. The van der Waals surface area contributed by atoms with Crippen molar-refractivity contribution in [3.8, 4) is 0 Å². The zero-order valence-corrected chi connectivity index (χ0v) is 8.48. The number of methoxy groups -OCH3 is 1. The summed E-state index contributed by atoms with van der Waals surface area (Å²) in [7, 11) is 1.34. The summed E-state index contributed by atoms with van der Waals surface area (Å²) in [4.78, 5) is 11.4. The molecule has 3 unspecified atom stereocenters. The third-order valence-corrected chi connectivity index (χ3v) is 2.29. The topological polar surface area (TPSA) is 57.3 Å². The van der Waals surface area contributed by atoms with Gasteiger partial charge in [0.1, 0.15) is 12.2 Å². The highest BCUT2D eigenvalue weighted by Crippen LogP contribution is 2.34. The Morgan fingerprint density at radius 2 is 2.07 bits per heavy atom. The van der Waals surface area contributed by atoms with Crippen molar-refractivity contribution in [3.63, 3.8) is 0 Å². The van der Waals surface area contributed by atoms with Crippen molar-refractivity contribution in [3.05, 3.63) is 0 Å². The minimum absolute atomic E-state index is 0.0270. The Balaban J connectivity index is 2.09. The van der Waals surface area contributed by atoms with E-state index in [4.69, 9.17) is 14.2 Å². The summed E-state index contributed by atoms with van der Waals surface area (Å²) >= 11 is 0. The largest absolute Gasteiger partial charge is 0.467 e. The first-order valence-corrected chi connectivity index (χ1v) is 4.58. The number of carbonyl (C=O) groups excluding carboxylic acids is 1. The Hall–Kier alpha value is -0.650. The predicted molar refractivity (Wildman–Crippen MR) is 45.6 cm³/mol. The lowest BCUT2D eigenvalue weighted by Gasteiger charge is -2.15. The van der Waals surface area contributed by atoms with Gasteiger partial charge in [0.15, 0.2) is 11.9 Å². The first-order chi connectivity index (χ1) is 6.53. The van der Waals surface area contributed by atoms with Gasteiger partial charge in [0, 0.05) is 0 Å². The molecule has 0 spiro atoms. The Labute approximate surface area is 82.3 Å². The maximum Gasteiger partial charge on any atom is 0.337 e. The number of rotatable bonds is 2. The second-order valence-corrected chi connectivity index (χ2v) is 3.92. The summed E-state index contributed by atoms with van der Waals surface area (Å²) < 4.78 is 20.7. The fourth-order valence-corrected chi connectivity index (χ4v) is 1.60. The zero-order chi connectivity index (χ0) is 10.3. The Kier molecular flexibility index (Phi) is 2.25. The van der Waals surface area contributed by atoms with Crippen LogP contribution >= 0.6 is 0 Å². The lowest BCUT2D eigenvalue weighted by molar-refractivity contribution is -0.168. The highest BCUT2D eigenvalue weighted by molar-refractivity contribution is 5.75. The van der Waals surface area contributed by atoms with Crippen molar-refractivity contribution in [2.24, 2.45) is 0 Å². The average Bonchev–Trinajstić information content (AvgIpc) is 2.89. The Morgan fingerprint density at radius 1 is 1.43 bits per heavy atom. The number of epoxide rings is 1. The van der Waals surface area contributed by atoms with Crippen LogP contribution < -0.4 is 0 Å². The Morgan fingerprint density at radius 3 is 2.57 bits per heavy atom. The highest BCUT2D eigenvalue weighted by atomic mass is 16.8. The quantitative estimate of drug-likeness (QED) is 0.468. The Bertz CT molecular complexity index is 246. The molecular formula is C9H14O5. The molecular weight excluding hydrogens is 188 g/mol. The van der Waals surface area contributed by atoms with Crippen molar-refractivity contribution in [1.82, 2.24) is 0 Å². The number of ether oxygens (including phenoxy) is 4. The molecule has 2 saturated heterocycles. The maximum atomic E-state index is 11.4. The molecule has 5 nitrogen and oxygen atoms in total. The third-order valence-electron chi connectivity index (χ3n) is 2.29. The first kappa shape index (κ1) is 9.89. The SMILES string of the molecule is COC(=O)C1OC(C)(C)OC1C1CO1. The number of hydrogen-bond acceptors (Lipinski definition) is 5. The lowest BCUT2D eigenvalue weighted by atomic mass is 10.1. The zero-order valence-electron chi connectivity index (χ0n) is 8.48. The van der Waals surface area contributed by atoms with E-state index in [9.17, 15) is 4.79 Å². The van der Waals surface area contributed by atoms with Crippen molar-refractivity contribution >= 4 is 5.97 Å². The van der Waals surface area contributed by atoms with Gasteiger partial charge >= 0.3 is 5.97 Å². The summed E-state index contributed by atoms with van der Waals surface area (Å²) in [5.74, 6) is -1.15. The van der Waals surface area contributed by atoms with E-state index in [-0.39, 0.29) is 12.2 Å². The van der Waals surface area contributed by atoms with Crippen LogP contribution in [-0.2, 0) is 23.7 Å². The van der Waals surface area contributed by atoms with Gasteiger partial charge in [-0.25, -0.2) is 4.79 Å². The molecule has 2 rings (SSSR count). The van der Waals surface area contributed by atoms with Crippen LogP contribution in [-0.4, -0.2) is 43.8 Å². The molecule has 0 aliphatic carbocycles. The van der Waals surface area contributed by atoms with Crippen LogP contribution in [0, 0.1) is 0 Å². The van der Waals surface area contributed by atoms with E-state index < -0.39 is 17.9 Å². The smallest absolute Gasteiger partial charge is 0.337 e. The molecule has 0 aromatic carbocycles. The number of hydrogen-bond donors (Lipinski definition) is 0. The molecule has 2 aliphatic rings. The monoisotopic (exact) mass is 202 g/mol. The van der Waals surface area contributed by atoms with Gasteiger partial charge in [0.05, 0.1) is 13.7 Å². The van der Waals surface area contributed by atoms with Gasteiger partial charge in [0.2, 0.25) is 0 Å². The highest BCUT2D eigenvalue weighted by Gasteiger charge is 2.53. The lowest BCUT2D eigenvalue weighted by Crippen LogP contribution is -2.35. The summed E-state index contributed by atoms with van der Waals surface area (Å²) in [5, 5.41) is 0. The van der Waals surface area contributed by atoms with E-state index in [1.165, 1.54) is 7.11 Å². The van der Waals surface area contributed by atoms with Crippen LogP contribution in [0.4, 0.5) is 0 Å². The van der Waals surface area contributed by atoms with Crippen molar-refractivity contribution < 1.29 is 23.7 Å². The fraction of sp³-hybridized carbons (Fsp3) is 0.889. The molecule has 0 amide bonds. The molecule has 5 heteroatoms. The van der Waals surface area contributed by atoms with E-state index in [1.54, 1.807) is 13.8 Å². The van der Waals surface area contributed by atoms with Crippen LogP contribution in [0.3, 0.4) is 0 Å². The fourth-order valence-electron chi connectivity index (χ4n) is 1.60. The molecule has 0 aromatic heterocycles. The van der Waals surface area contributed by atoms with Crippen molar-refractivity contribution in [2.75, 3.05) is 13.7 Å². The molecule has 2 aliphatic heterocycles. The van der Waals surface area contributed by atoms with E-state index in [0.29, 0.717) is 6.61 Å². The summed E-state index contributed by atoms with van der Waals surface area (Å²) in [5.41, 5.74) is 0. The van der Waals surface area contributed by atoms with Gasteiger partial charge < -0.3 is 18.9 Å².